The molecule has 1 amide bonds. The summed E-state index contributed by atoms with van der Waals surface area (Å²) in [4.78, 5) is 11.7. The minimum absolute atomic E-state index is 0.0579. The maximum absolute atomic E-state index is 13.0. The fourth-order valence-corrected chi connectivity index (χ4v) is 3.33. The molecule has 8 heteroatoms. The minimum Gasteiger partial charge on any atom is -0.397 e. The van der Waals surface area contributed by atoms with Crippen LogP contribution in [0.3, 0.4) is 0 Å². The number of nitrogens with zero attached hydrogens (tertiary/aromatic N) is 1. The van der Waals surface area contributed by atoms with Gasteiger partial charge in [0.1, 0.15) is 5.82 Å². The molecule has 6 nitrogen and oxygen atoms in total. The molecule has 104 valence electrons. The second kappa shape index (κ2) is 5.14. The van der Waals surface area contributed by atoms with Crippen LogP contribution in [0, 0.1) is 5.82 Å². The number of nitrogens with one attached hydrogen (secondary N) is 1. The summed E-state index contributed by atoms with van der Waals surface area (Å²) in [7, 11) is -3.33. The molecule has 1 aliphatic rings. The quantitative estimate of drug-likeness (QED) is 0.786. The molecule has 0 spiro atoms. The van der Waals surface area contributed by atoms with Gasteiger partial charge in [0.05, 0.1) is 23.7 Å². The van der Waals surface area contributed by atoms with E-state index in [0.29, 0.717) is 13.0 Å². The first-order valence-electron chi connectivity index (χ1n) is 5.71. The minimum atomic E-state index is -3.33. The molecule has 0 atom stereocenters. The van der Waals surface area contributed by atoms with Crippen LogP contribution >= 0.6 is 0 Å². The Labute approximate surface area is 110 Å². The summed E-state index contributed by atoms with van der Waals surface area (Å²) in [5.41, 5.74) is 5.95. The topological polar surface area (TPSA) is 92.5 Å². The van der Waals surface area contributed by atoms with E-state index in [1.54, 1.807) is 0 Å². The van der Waals surface area contributed by atoms with Gasteiger partial charge in [-0.3, -0.25) is 4.79 Å². The van der Waals surface area contributed by atoms with Crippen LogP contribution in [0.5, 0.6) is 0 Å². The molecule has 0 aromatic heterocycles. The van der Waals surface area contributed by atoms with Gasteiger partial charge >= 0.3 is 0 Å². The monoisotopic (exact) mass is 287 g/mol. The van der Waals surface area contributed by atoms with Gasteiger partial charge in [0.15, 0.2) is 0 Å². The molecule has 0 radical (unpaired) electrons. The molecule has 0 unspecified atom stereocenters. The molecule has 3 N–H and O–H groups in total. The lowest BCUT2D eigenvalue weighted by Crippen LogP contribution is -2.34. The Balaban J connectivity index is 2.04. The van der Waals surface area contributed by atoms with Crippen molar-refractivity contribution < 1.29 is 17.6 Å². The van der Waals surface area contributed by atoms with Crippen molar-refractivity contribution >= 4 is 27.3 Å². The molecular formula is C11H14FN3O3S. The number of carbonyl (C=O) groups is 1. The van der Waals surface area contributed by atoms with Gasteiger partial charge in [0.2, 0.25) is 15.9 Å². The van der Waals surface area contributed by atoms with Crippen molar-refractivity contribution in [3.63, 3.8) is 0 Å². The molecular weight excluding hydrogens is 273 g/mol. The highest BCUT2D eigenvalue weighted by Gasteiger charge is 2.29. The molecule has 1 saturated heterocycles. The Morgan fingerprint density at radius 1 is 1.47 bits per heavy atom. The number of benzene rings is 1. The van der Waals surface area contributed by atoms with E-state index >= 15 is 0 Å². The smallest absolute Gasteiger partial charge is 0.239 e. The van der Waals surface area contributed by atoms with E-state index in [-0.39, 0.29) is 23.7 Å². The van der Waals surface area contributed by atoms with E-state index in [0.717, 1.165) is 10.4 Å². The first-order valence-corrected chi connectivity index (χ1v) is 7.32. The van der Waals surface area contributed by atoms with E-state index < -0.39 is 21.7 Å². The number of halogens is 1. The first-order chi connectivity index (χ1) is 8.88. The average Bonchev–Trinajstić information content (AvgIpc) is 2.63. The van der Waals surface area contributed by atoms with Crippen LogP contribution in [-0.4, -0.2) is 37.5 Å². The van der Waals surface area contributed by atoms with Gasteiger partial charge in [0, 0.05) is 6.54 Å². The summed E-state index contributed by atoms with van der Waals surface area (Å²) in [5.74, 6) is -1.01. The highest BCUT2D eigenvalue weighted by atomic mass is 32.2. The standard InChI is InChI=1S/C11H14FN3O3S/c12-8-2-3-9(13)10(6-8)14-11(16)7-15-4-1-5-19(15,17)18/h2-3,6H,1,4-5,7,13H2,(H,14,16). The predicted molar refractivity (Wildman–Crippen MR) is 69.4 cm³/mol. The summed E-state index contributed by atoms with van der Waals surface area (Å²) < 4.78 is 37.2. The average molecular weight is 287 g/mol. The molecule has 1 heterocycles. The van der Waals surface area contributed by atoms with Gasteiger partial charge in [-0.05, 0) is 24.6 Å². The van der Waals surface area contributed by atoms with E-state index in [1.807, 2.05) is 0 Å². The third kappa shape index (κ3) is 3.21. The third-order valence-electron chi connectivity index (χ3n) is 2.81. The predicted octanol–water partition coefficient (Wildman–Crippen LogP) is 0.382. The van der Waals surface area contributed by atoms with Crippen LogP contribution in [0.4, 0.5) is 15.8 Å². The lowest BCUT2D eigenvalue weighted by atomic mass is 10.2. The van der Waals surface area contributed by atoms with Crippen molar-refractivity contribution in [3.8, 4) is 0 Å². The summed E-state index contributed by atoms with van der Waals surface area (Å²) >= 11 is 0. The zero-order valence-electron chi connectivity index (χ0n) is 10.1. The molecule has 0 saturated carbocycles. The van der Waals surface area contributed by atoms with Crippen molar-refractivity contribution in [1.82, 2.24) is 4.31 Å². The molecule has 19 heavy (non-hydrogen) atoms. The Kier molecular flexibility index (Phi) is 3.72. The van der Waals surface area contributed by atoms with Crippen LogP contribution in [0.15, 0.2) is 18.2 Å². The van der Waals surface area contributed by atoms with Gasteiger partial charge in [-0.15, -0.1) is 0 Å². The second-order valence-corrected chi connectivity index (χ2v) is 6.37. The Hall–Kier alpha value is -1.67. The number of hydrogen-bond donors (Lipinski definition) is 2. The van der Waals surface area contributed by atoms with Crippen molar-refractivity contribution in [1.29, 1.82) is 0 Å². The van der Waals surface area contributed by atoms with E-state index in [2.05, 4.69) is 5.32 Å². The first kappa shape index (κ1) is 13.8. The second-order valence-electron chi connectivity index (χ2n) is 4.28. The van der Waals surface area contributed by atoms with Crippen LogP contribution in [0.1, 0.15) is 6.42 Å². The fourth-order valence-electron chi connectivity index (χ4n) is 1.86. The van der Waals surface area contributed by atoms with Crippen LogP contribution < -0.4 is 11.1 Å². The van der Waals surface area contributed by atoms with Crippen molar-refractivity contribution in [2.75, 3.05) is 29.9 Å². The van der Waals surface area contributed by atoms with Gasteiger partial charge in [-0.2, -0.15) is 4.31 Å². The lowest BCUT2D eigenvalue weighted by molar-refractivity contribution is -0.116. The Morgan fingerprint density at radius 3 is 2.84 bits per heavy atom. The normalized spacial score (nSPS) is 18.4. The fraction of sp³-hybridized carbons (Fsp3) is 0.364. The maximum Gasteiger partial charge on any atom is 0.239 e. The summed E-state index contributed by atoms with van der Waals surface area (Å²) in [6.07, 6.45) is 0.512. The van der Waals surface area contributed by atoms with Gasteiger partial charge in [-0.25, -0.2) is 12.8 Å². The molecule has 1 aromatic carbocycles. The Morgan fingerprint density at radius 2 is 2.21 bits per heavy atom. The lowest BCUT2D eigenvalue weighted by Gasteiger charge is -2.14. The summed E-state index contributed by atoms with van der Waals surface area (Å²) in [6, 6.07) is 3.60. The maximum atomic E-state index is 13.0. The molecule has 1 aliphatic heterocycles. The third-order valence-corrected chi connectivity index (χ3v) is 4.72. The molecule has 1 fully saturated rings. The van der Waals surface area contributed by atoms with E-state index in [1.165, 1.54) is 12.1 Å². The van der Waals surface area contributed by atoms with Gasteiger partial charge < -0.3 is 11.1 Å². The van der Waals surface area contributed by atoms with E-state index in [4.69, 9.17) is 5.73 Å². The zero-order valence-corrected chi connectivity index (χ0v) is 10.9. The highest BCUT2D eigenvalue weighted by molar-refractivity contribution is 7.89. The number of nitrogen functional groups attached to an aromatic ring is 1. The molecule has 0 aliphatic carbocycles. The van der Waals surface area contributed by atoms with Crippen LogP contribution in [-0.2, 0) is 14.8 Å². The number of nitrogens with two attached hydrogens (primary N) is 1. The number of hydrogen-bond acceptors (Lipinski definition) is 4. The number of sulfonamides is 1. The largest absolute Gasteiger partial charge is 0.397 e. The molecule has 0 bridgehead atoms. The SMILES string of the molecule is Nc1ccc(F)cc1NC(=O)CN1CCCS1(=O)=O. The number of rotatable bonds is 3. The Bertz CT molecular complexity index is 603. The molecule has 1 aromatic rings. The van der Waals surface area contributed by atoms with E-state index in [9.17, 15) is 17.6 Å². The van der Waals surface area contributed by atoms with Crippen LogP contribution in [0.25, 0.3) is 0 Å². The van der Waals surface area contributed by atoms with Gasteiger partial charge in [-0.1, -0.05) is 0 Å². The zero-order chi connectivity index (χ0) is 14.0. The summed E-state index contributed by atoms with van der Waals surface area (Å²) in [5, 5.41) is 2.41. The van der Waals surface area contributed by atoms with Crippen molar-refractivity contribution in [2.24, 2.45) is 0 Å². The van der Waals surface area contributed by atoms with Crippen molar-refractivity contribution in [3.05, 3.63) is 24.0 Å². The van der Waals surface area contributed by atoms with Crippen LogP contribution in [0.2, 0.25) is 0 Å². The highest BCUT2D eigenvalue weighted by Crippen LogP contribution is 2.19. The number of anilines is 2. The van der Waals surface area contributed by atoms with Gasteiger partial charge in [0.25, 0.3) is 0 Å². The summed E-state index contributed by atoms with van der Waals surface area (Å²) in [6.45, 7) is 0.0483. The van der Waals surface area contributed by atoms with Crippen molar-refractivity contribution in [2.45, 2.75) is 6.42 Å². The molecule has 2 rings (SSSR count). The number of carbonyl (C=O) groups excluding carboxylic acids is 1. The number of amides is 1.